The van der Waals surface area contributed by atoms with Gasteiger partial charge in [0.15, 0.2) is 0 Å². The standard InChI is InChI=1S/C26H36N2O5/c1-16(2)24(26(30)31)28(19(5)29)14-20-7-6-8-22(13-20)32-15-23-18(4)33-25(27-23)21-11-9-17(3)10-12-21/h9-12,16,20,22,24H,6-8,13-15H2,1-5H3,(H,30,31)/t20?,22?,24-/m0/s1. The summed E-state index contributed by atoms with van der Waals surface area (Å²) in [4.78, 5) is 30.2. The summed E-state index contributed by atoms with van der Waals surface area (Å²) in [7, 11) is 0. The van der Waals surface area contributed by atoms with E-state index < -0.39 is 12.0 Å². The lowest BCUT2D eigenvalue weighted by molar-refractivity contribution is -0.152. The van der Waals surface area contributed by atoms with Gasteiger partial charge in [-0.3, -0.25) is 4.79 Å². The van der Waals surface area contributed by atoms with Gasteiger partial charge in [-0.05, 0) is 57.1 Å². The van der Waals surface area contributed by atoms with Gasteiger partial charge in [-0.25, -0.2) is 9.78 Å². The summed E-state index contributed by atoms with van der Waals surface area (Å²) in [6.07, 6.45) is 3.77. The van der Waals surface area contributed by atoms with Crippen molar-refractivity contribution < 1.29 is 23.8 Å². The number of benzene rings is 1. The third kappa shape index (κ3) is 6.44. The van der Waals surface area contributed by atoms with Crippen LogP contribution in [0.4, 0.5) is 0 Å². The van der Waals surface area contributed by atoms with E-state index in [1.54, 1.807) is 0 Å². The van der Waals surface area contributed by atoms with Crippen LogP contribution in [0.5, 0.6) is 0 Å². The fraction of sp³-hybridized carbons (Fsp3) is 0.577. The number of nitrogens with zero attached hydrogens (tertiary/aromatic N) is 2. The Balaban J connectivity index is 1.60. The summed E-state index contributed by atoms with van der Waals surface area (Å²) in [5.41, 5.74) is 2.92. The first kappa shape index (κ1) is 25.0. The van der Waals surface area contributed by atoms with E-state index in [-0.39, 0.29) is 23.8 Å². The van der Waals surface area contributed by atoms with Gasteiger partial charge in [-0.2, -0.15) is 0 Å². The summed E-state index contributed by atoms with van der Waals surface area (Å²) < 4.78 is 12.1. The molecule has 1 saturated carbocycles. The Kier molecular flexibility index (Phi) is 8.30. The minimum Gasteiger partial charge on any atom is -0.480 e. The number of aryl methyl sites for hydroxylation is 2. The largest absolute Gasteiger partial charge is 0.480 e. The van der Waals surface area contributed by atoms with Crippen LogP contribution >= 0.6 is 0 Å². The van der Waals surface area contributed by atoms with Crippen molar-refractivity contribution in [3.8, 4) is 11.5 Å². The predicted octanol–water partition coefficient (Wildman–Crippen LogP) is 4.99. The molecule has 2 unspecified atom stereocenters. The molecular weight excluding hydrogens is 420 g/mol. The molecule has 0 aliphatic heterocycles. The van der Waals surface area contributed by atoms with Gasteiger partial charge < -0.3 is 19.2 Å². The van der Waals surface area contributed by atoms with Crippen molar-refractivity contribution in [2.24, 2.45) is 11.8 Å². The monoisotopic (exact) mass is 456 g/mol. The molecule has 1 amide bonds. The molecule has 180 valence electrons. The quantitative estimate of drug-likeness (QED) is 0.571. The lowest BCUT2D eigenvalue weighted by Crippen LogP contribution is -2.49. The average molecular weight is 457 g/mol. The first-order valence-electron chi connectivity index (χ1n) is 11.8. The summed E-state index contributed by atoms with van der Waals surface area (Å²) in [6, 6.07) is 7.26. The second-order valence-electron chi connectivity index (χ2n) is 9.55. The summed E-state index contributed by atoms with van der Waals surface area (Å²) in [6.45, 7) is 9.90. The number of carboxylic acids is 1. The van der Waals surface area contributed by atoms with Crippen molar-refractivity contribution in [1.82, 2.24) is 9.88 Å². The molecule has 2 aromatic rings. The van der Waals surface area contributed by atoms with Gasteiger partial charge in [0.05, 0.1) is 12.7 Å². The zero-order valence-corrected chi connectivity index (χ0v) is 20.3. The third-order valence-electron chi connectivity index (χ3n) is 6.46. The van der Waals surface area contributed by atoms with Gasteiger partial charge in [-0.15, -0.1) is 0 Å². The number of oxazole rings is 1. The van der Waals surface area contributed by atoms with Crippen LogP contribution in [0.2, 0.25) is 0 Å². The topological polar surface area (TPSA) is 92.9 Å². The molecule has 1 fully saturated rings. The number of carboxylic acid groups (broad SMARTS) is 1. The number of carbonyl (C=O) groups excluding carboxylic acids is 1. The first-order valence-corrected chi connectivity index (χ1v) is 11.8. The molecule has 1 heterocycles. The lowest BCUT2D eigenvalue weighted by atomic mass is 9.86. The number of hydrogen-bond donors (Lipinski definition) is 1. The smallest absolute Gasteiger partial charge is 0.326 e. The molecule has 1 aliphatic carbocycles. The third-order valence-corrected chi connectivity index (χ3v) is 6.46. The molecular formula is C26H36N2O5. The highest BCUT2D eigenvalue weighted by atomic mass is 16.5. The van der Waals surface area contributed by atoms with Gasteiger partial charge >= 0.3 is 5.97 Å². The lowest BCUT2D eigenvalue weighted by Gasteiger charge is -2.36. The van der Waals surface area contributed by atoms with Crippen LogP contribution in [0.3, 0.4) is 0 Å². The Morgan fingerprint density at radius 1 is 1.21 bits per heavy atom. The molecule has 0 saturated heterocycles. The van der Waals surface area contributed by atoms with Crippen LogP contribution in [0.1, 0.15) is 63.5 Å². The van der Waals surface area contributed by atoms with Crippen LogP contribution in [0, 0.1) is 25.7 Å². The zero-order chi connectivity index (χ0) is 24.1. The maximum Gasteiger partial charge on any atom is 0.326 e. The Bertz CT molecular complexity index is 950. The summed E-state index contributed by atoms with van der Waals surface area (Å²) in [5, 5.41) is 9.64. The Morgan fingerprint density at radius 3 is 2.52 bits per heavy atom. The Morgan fingerprint density at radius 2 is 1.91 bits per heavy atom. The average Bonchev–Trinajstić information content (AvgIpc) is 3.12. The van der Waals surface area contributed by atoms with Gasteiger partial charge in [-0.1, -0.05) is 38.0 Å². The minimum atomic E-state index is -0.949. The van der Waals surface area contributed by atoms with E-state index in [2.05, 4.69) is 4.98 Å². The SMILES string of the molecule is CC(=O)N(CC1CCCC(OCc2nc(-c3ccc(C)cc3)oc2C)C1)[C@H](C(=O)O)C(C)C. The molecule has 3 rings (SSSR count). The number of ether oxygens (including phenoxy) is 1. The molecule has 33 heavy (non-hydrogen) atoms. The molecule has 1 aromatic carbocycles. The van der Waals surface area contributed by atoms with E-state index in [4.69, 9.17) is 9.15 Å². The number of rotatable bonds is 9. The first-order chi connectivity index (χ1) is 15.7. The van der Waals surface area contributed by atoms with E-state index in [0.29, 0.717) is 19.0 Å². The second-order valence-corrected chi connectivity index (χ2v) is 9.55. The summed E-state index contributed by atoms with van der Waals surface area (Å²) in [5.74, 6) is 0.269. The highest BCUT2D eigenvalue weighted by Gasteiger charge is 2.34. The van der Waals surface area contributed by atoms with Crippen molar-refractivity contribution in [1.29, 1.82) is 0 Å². The van der Waals surface area contributed by atoms with Crippen molar-refractivity contribution in [3.63, 3.8) is 0 Å². The number of carbonyl (C=O) groups is 2. The molecule has 0 bridgehead atoms. The highest BCUT2D eigenvalue weighted by molar-refractivity contribution is 5.82. The maximum absolute atomic E-state index is 12.2. The highest BCUT2D eigenvalue weighted by Crippen LogP contribution is 2.30. The van der Waals surface area contributed by atoms with Crippen molar-refractivity contribution in [3.05, 3.63) is 41.3 Å². The van der Waals surface area contributed by atoms with E-state index >= 15 is 0 Å². The Hall–Kier alpha value is -2.67. The van der Waals surface area contributed by atoms with Gasteiger partial charge in [0, 0.05) is 19.0 Å². The summed E-state index contributed by atoms with van der Waals surface area (Å²) >= 11 is 0. The predicted molar refractivity (Wildman–Crippen MR) is 126 cm³/mol. The number of hydrogen-bond acceptors (Lipinski definition) is 5. The van der Waals surface area contributed by atoms with Gasteiger partial charge in [0.1, 0.15) is 17.5 Å². The molecule has 1 aliphatic rings. The van der Waals surface area contributed by atoms with Gasteiger partial charge in [0.25, 0.3) is 0 Å². The fourth-order valence-corrected chi connectivity index (χ4v) is 4.63. The van der Waals surface area contributed by atoms with Crippen LogP contribution < -0.4 is 0 Å². The zero-order valence-electron chi connectivity index (χ0n) is 20.3. The minimum absolute atomic E-state index is 0.0545. The second kappa shape index (κ2) is 11.0. The van der Waals surface area contributed by atoms with Crippen molar-refractivity contribution in [2.75, 3.05) is 6.54 Å². The van der Waals surface area contributed by atoms with Crippen LogP contribution in [0.25, 0.3) is 11.5 Å². The van der Waals surface area contributed by atoms with Gasteiger partial charge in [0.2, 0.25) is 11.8 Å². The van der Waals surface area contributed by atoms with Crippen LogP contribution in [-0.2, 0) is 20.9 Å². The van der Waals surface area contributed by atoms with E-state index in [0.717, 1.165) is 42.7 Å². The number of amides is 1. The molecule has 3 atom stereocenters. The Labute approximate surface area is 196 Å². The molecule has 1 N–H and O–H groups in total. The van der Waals surface area contributed by atoms with E-state index in [1.807, 2.05) is 52.0 Å². The molecule has 7 heteroatoms. The number of aliphatic carboxylic acids is 1. The fourth-order valence-electron chi connectivity index (χ4n) is 4.63. The normalized spacial score (nSPS) is 19.5. The van der Waals surface area contributed by atoms with E-state index in [1.165, 1.54) is 17.4 Å². The number of aromatic nitrogens is 1. The molecule has 0 spiro atoms. The van der Waals surface area contributed by atoms with Crippen molar-refractivity contribution in [2.45, 2.75) is 79.1 Å². The molecule has 0 radical (unpaired) electrons. The van der Waals surface area contributed by atoms with Crippen LogP contribution in [-0.4, -0.2) is 45.6 Å². The molecule has 1 aromatic heterocycles. The molecule has 7 nitrogen and oxygen atoms in total. The van der Waals surface area contributed by atoms with Crippen LogP contribution in [0.15, 0.2) is 28.7 Å². The van der Waals surface area contributed by atoms with Crippen molar-refractivity contribution >= 4 is 11.9 Å². The maximum atomic E-state index is 12.2. The van der Waals surface area contributed by atoms with E-state index in [9.17, 15) is 14.7 Å².